The molecule has 0 fully saturated rings. The third-order valence-electron chi connectivity index (χ3n) is 4.30. The van der Waals surface area contributed by atoms with Crippen LogP contribution in [0.25, 0.3) is 0 Å². The van der Waals surface area contributed by atoms with Gasteiger partial charge in [0.2, 0.25) is 0 Å². The van der Waals surface area contributed by atoms with Gasteiger partial charge in [0.25, 0.3) is 5.91 Å². The molecule has 0 aromatic heterocycles. The number of carbonyl (C=O) groups excluding carboxylic acids is 3. The van der Waals surface area contributed by atoms with Crippen LogP contribution in [0.5, 0.6) is 5.75 Å². The minimum Gasteiger partial charge on any atom is -0.496 e. The normalized spacial score (nSPS) is 15.4. The SMILES string of the molecule is COc1ccccc1CNC(=O)C(=O)N[C@H]1C(=O)N(C)c2ccccc21. The van der Waals surface area contributed by atoms with E-state index in [0.29, 0.717) is 11.3 Å². The quantitative estimate of drug-likeness (QED) is 0.807. The molecule has 0 saturated carbocycles. The predicted octanol–water partition coefficient (Wildman–Crippen LogP) is 1.15. The second-order valence-corrected chi connectivity index (χ2v) is 5.86. The number of likely N-dealkylation sites (N-methyl/N-ethyl adjacent to an activating group) is 1. The number of amides is 3. The van der Waals surface area contributed by atoms with Gasteiger partial charge in [-0.1, -0.05) is 36.4 Å². The molecule has 3 rings (SSSR count). The van der Waals surface area contributed by atoms with Gasteiger partial charge in [-0.3, -0.25) is 14.4 Å². The van der Waals surface area contributed by atoms with Crippen molar-refractivity contribution in [1.29, 1.82) is 0 Å². The molecule has 26 heavy (non-hydrogen) atoms. The number of fused-ring (bicyclic) bond motifs is 1. The lowest BCUT2D eigenvalue weighted by atomic mass is 10.1. The number of nitrogens with zero attached hydrogens (tertiary/aromatic N) is 1. The molecular formula is C19H19N3O4. The van der Waals surface area contributed by atoms with E-state index in [1.165, 1.54) is 12.0 Å². The lowest BCUT2D eigenvalue weighted by Gasteiger charge is -2.13. The maximum atomic E-state index is 12.3. The highest BCUT2D eigenvalue weighted by Gasteiger charge is 2.36. The van der Waals surface area contributed by atoms with Crippen molar-refractivity contribution in [1.82, 2.24) is 10.6 Å². The van der Waals surface area contributed by atoms with Crippen molar-refractivity contribution in [3.8, 4) is 5.75 Å². The fourth-order valence-corrected chi connectivity index (χ4v) is 2.92. The van der Waals surface area contributed by atoms with E-state index in [9.17, 15) is 14.4 Å². The van der Waals surface area contributed by atoms with Gasteiger partial charge in [0.1, 0.15) is 11.8 Å². The van der Waals surface area contributed by atoms with E-state index in [1.54, 1.807) is 37.4 Å². The summed E-state index contributed by atoms with van der Waals surface area (Å²) in [6.45, 7) is 0.144. The molecule has 1 atom stereocenters. The standard InChI is InChI=1S/C19H19N3O4/c1-22-14-9-5-4-8-13(14)16(19(22)25)21-18(24)17(23)20-11-12-7-3-6-10-15(12)26-2/h3-10,16H,11H2,1-2H3,(H,20,23)(H,21,24)/t16-/m1/s1. The van der Waals surface area contributed by atoms with Crippen LogP contribution in [-0.2, 0) is 20.9 Å². The zero-order valence-corrected chi connectivity index (χ0v) is 14.5. The van der Waals surface area contributed by atoms with Gasteiger partial charge in [-0.25, -0.2) is 0 Å². The molecular weight excluding hydrogens is 334 g/mol. The molecule has 1 heterocycles. The van der Waals surface area contributed by atoms with E-state index in [-0.39, 0.29) is 12.5 Å². The molecule has 2 aromatic rings. The van der Waals surface area contributed by atoms with E-state index in [2.05, 4.69) is 10.6 Å². The van der Waals surface area contributed by atoms with Crippen molar-refractivity contribution in [2.24, 2.45) is 0 Å². The molecule has 2 aromatic carbocycles. The number of methoxy groups -OCH3 is 1. The van der Waals surface area contributed by atoms with Gasteiger partial charge >= 0.3 is 11.8 Å². The van der Waals surface area contributed by atoms with Crippen molar-refractivity contribution < 1.29 is 19.1 Å². The van der Waals surface area contributed by atoms with E-state index in [0.717, 1.165) is 11.3 Å². The summed E-state index contributed by atoms with van der Waals surface area (Å²) in [4.78, 5) is 38.1. The Hall–Kier alpha value is -3.35. The zero-order valence-electron chi connectivity index (χ0n) is 14.5. The Kier molecular flexibility index (Phi) is 4.88. The van der Waals surface area contributed by atoms with Crippen LogP contribution in [0.2, 0.25) is 0 Å². The van der Waals surface area contributed by atoms with Crippen molar-refractivity contribution in [3.63, 3.8) is 0 Å². The minimum absolute atomic E-state index is 0.144. The maximum absolute atomic E-state index is 12.3. The molecule has 0 unspecified atom stereocenters. The lowest BCUT2D eigenvalue weighted by molar-refractivity contribution is -0.140. The number of anilines is 1. The number of benzene rings is 2. The summed E-state index contributed by atoms with van der Waals surface area (Å²) in [5.74, 6) is -1.33. The molecule has 0 saturated heterocycles. The van der Waals surface area contributed by atoms with Gasteiger partial charge in [0.15, 0.2) is 0 Å². The van der Waals surface area contributed by atoms with Crippen LogP contribution in [0.15, 0.2) is 48.5 Å². The Morgan fingerprint density at radius 1 is 1.08 bits per heavy atom. The number of carbonyl (C=O) groups is 3. The molecule has 0 bridgehead atoms. The van der Waals surface area contributed by atoms with Gasteiger partial charge in [0, 0.05) is 30.4 Å². The maximum Gasteiger partial charge on any atom is 0.310 e. The highest BCUT2D eigenvalue weighted by molar-refractivity contribution is 6.35. The Morgan fingerprint density at radius 2 is 1.77 bits per heavy atom. The van der Waals surface area contributed by atoms with Crippen LogP contribution < -0.4 is 20.3 Å². The zero-order chi connectivity index (χ0) is 18.7. The van der Waals surface area contributed by atoms with Crippen molar-refractivity contribution in [2.75, 3.05) is 19.1 Å². The Bertz CT molecular complexity index is 865. The summed E-state index contributed by atoms with van der Waals surface area (Å²) in [5.41, 5.74) is 2.14. The molecule has 7 heteroatoms. The van der Waals surface area contributed by atoms with Gasteiger partial charge in [-0.05, 0) is 12.1 Å². The first kappa shape index (κ1) is 17.5. The summed E-state index contributed by atoms with van der Waals surface area (Å²) >= 11 is 0. The third kappa shape index (κ3) is 3.23. The average molecular weight is 353 g/mol. The first-order chi connectivity index (χ1) is 12.5. The number of nitrogens with one attached hydrogen (secondary N) is 2. The first-order valence-corrected chi connectivity index (χ1v) is 8.10. The molecule has 3 amide bonds. The van der Waals surface area contributed by atoms with Crippen LogP contribution >= 0.6 is 0 Å². The van der Waals surface area contributed by atoms with E-state index < -0.39 is 17.9 Å². The molecule has 134 valence electrons. The molecule has 7 nitrogen and oxygen atoms in total. The topological polar surface area (TPSA) is 87.7 Å². The van der Waals surface area contributed by atoms with E-state index >= 15 is 0 Å². The monoisotopic (exact) mass is 353 g/mol. The first-order valence-electron chi connectivity index (χ1n) is 8.10. The molecule has 2 N–H and O–H groups in total. The highest BCUT2D eigenvalue weighted by Crippen LogP contribution is 2.34. The molecule has 1 aliphatic rings. The number of hydrogen-bond donors (Lipinski definition) is 2. The van der Waals surface area contributed by atoms with Gasteiger partial charge in [-0.15, -0.1) is 0 Å². The van der Waals surface area contributed by atoms with Gasteiger partial charge < -0.3 is 20.3 Å². The van der Waals surface area contributed by atoms with Crippen molar-refractivity contribution >= 4 is 23.4 Å². The van der Waals surface area contributed by atoms with E-state index in [1.807, 2.05) is 18.2 Å². The predicted molar refractivity (Wildman–Crippen MR) is 95.6 cm³/mol. The summed E-state index contributed by atoms with van der Waals surface area (Å²) in [6, 6.07) is 13.5. The van der Waals surface area contributed by atoms with Crippen LogP contribution in [0.1, 0.15) is 17.2 Å². The van der Waals surface area contributed by atoms with Crippen molar-refractivity contribution in [3.05, 3.63) is 59.7 Å². The van der Waals surface area contributed by atoms with Gasteiger partial charge in [-0.2, -0.15) is 0 Å². The minimum atomic E-state index is -0.860. The van der Waals surface area contributed by atoms with Crippen LogP contribution in [0.4, 0.5) is 5.69 Å². The lowest BCUT2D eigenvalue weighted by Crippen LogP contribution is -2.43. The smallest absolute Gasteiger partial charge is 0.310 e. The van der Waals surface area contributed by atoms with Crippen LogP contribution in [0, 0.1) is 0 Å². The summed E-state index contributed by atoms with van der Waals surface area (Å²) in [6.07, 6.45) is 0. The highest BCUT2D eigenvalue weighted by atomic mass is 16.5. The Balaban J connectivity index is 1.65. The number of ether oxygens (including phenoxy) is 1. The van der Waals surface area contributed by atoms with Crippen LogP contribution in [-0.4, -0.2) is 31.9 Å². The summed E-state index contributed by atoms with van der Waals surface area (Å²) in [5, 5.41) is 5.05. The molecule has 0 spiro atoms. The average Bonchev–Trinajstić information content (AvgIpc) is 2.91. The van der Waals surface area contributed by atoms with Crippen LogP contribution in [0.3, 0.4) is 0 Å². The Morgan fingerprint density at radius 3 is 2.54 bits per heavy atom. The van der Waals surface area contributed by atoms with Gasteiger partial charge in [0.05, 0.1) is 7.11 Å². The number of rotatable bonds is 4. The third-order valence-corrected chi connectivity index (χ3v) is 4.30. The van der Waals surface area contributed by atoms with E-state index in [4.69, 9.17) is 4.74 Å². The summed E-state index contributed by atoms with van der Waals surface area (Å²) < 4.78 is 5.21. The molecule has 0 aliphatic carbocycles. The Labute approximate surface area is 150 Å². The fourth-order valence-electron chi connectivity index (χ4n) is 2.92. The second kappa shape index (κ2) is 7.26. The molecule has 0 radical (unpaired) electrons. The fraction of sp³-hybridized carbons (Fsp3) is 0.211. The summed E-state index contributed by atoms with van der Waals surface area (Å²) in [7, 11) is 3.17. The second-order valence-electron chi connectivity index (χ2n) is 5.86. The molecule has 1 aliphatic heterocycles. The number of para-hydroxylation sites is 2. The van der Waals surface area contributed by atoms with Crippen molar-refractivity contribution in [2.45, 2.75) is 12.6 Å². The largest absolute Gasteiger partial charge is 0.496 e. The number of hydrogen-bond acceptors (Lipinski definition) is 4.